The molecule has 0 bridgehead atoms. The summed E-state index contributed by atoms with van der Waals surface area (Å²) in [7, 11) is -3.85. The van der Waals surface area contributed by atoms with Crippen molar-refractivity contribution in [1.82, 2.24) is 9.62 Å². The predicted octanol–water partition coefficient (Wildman–Crippen LogP) is 2.35. The molecule has 0 aromatic heterocycles. The quantitative estimate of drug-likeness (QED) is 0.596. The van der Waals surface area contributed by atoms with E-state index in [1.165, 1.54) is 19.1 Å². The minimum atomic E-state index is -3.85. The van der Waals surface area contributed by atoms with Crippen molar-refractivity contribution in [2.75, 3.05) is 19.7 Å². The summed E-state index contributed by atoms with van der Waals surface area (Å²) in [5, 5.41) is 0. The smallest absolute Gasteiger partial charge is 0.324 e. The van der Waals surface area contributed by atoms with E-state index in [1.54, 1.807) is 17.0 Å². The fourth-order valence-electron chi connectivity index (χ4n) is 2.58. The van der Waals surface area contributed by atoms with Gasteiger partial charge in [0.2, 0.25) is 10.0 Å². The van der Waals surface area contributed by atoms with Gasteiger partial charge < -0.3 is 9.64 Å². The average molecular weight is 413 g/mol. The summed E-state index contributed by atoms with van der Waals surface area (Å²) in [5.41, 5.74) is 0.928. The molecule has 1 amide bonds. The lowest BCUT2D eigenvalue weighted by molar-refractivity contribution is -0.153. The lowest BCUT2D eigenvalue weighted by atomic mass is 10.1. The maximum Gasteiger partial charge on any atom is 0.324 e. The number of rotatable bonds is 10. The number of esters is 1. The third kappa shape index (κ3) is 7.98. The van der Waals surface area contributed by atoms with Crippen molar-refractivity contribution in [1.29, 1.82) is 0 Å². The summed E-state index contributed by atoms with van der Waals surface area (Å²) in [6.07, 6.45) is 0. The zero-order chi connectivity index (χ0) is 21.5. The Morgan fingerprint density at radius 2 is 1.50 bits per heavy atom. The van der Waals surface area contributed by atoms with Gasteiger partial charge in [-0.2, -0.15) is 4.72 Å². The van der Waals surface area contributed by atoms with Gasteiger partial charge in [0.05, 0.1) is 4.90 Å². The van der Waals surface area contributed by atoms with Crippen molar-refractivity contribution < 1.29 is 22.7 Å². The highest BCUT2D eigenvalue weighted by molar-refractivity contribution is 7.89. The zero-order valence-electron chi connectivity index (χ0n) is 17.6. The lowest BCUT2D eigenvalue weighted by Gasteiger charge is -2.26. The number of benzene rings is 1. The molecular formula is C20H32N2O5S. The highest BCUT2D eigenvalue weighted by Gasteiger charge is 2.25. The summed E-state index contributed by atoms with van der Waals surface area (Å²) in [6.45, 7) is 12.0. The summed E-state index contributed by atoms with van der Waals surface area (Å²) < 4.78 is 32.0. The fraction of sp³-hybridized carbons (Fsp3) is 0.600. The first-order chi connectivity index (χ1) is 12.9. The molecule has 0 saturated carbocycles. The molecular weight excluding hydrogens is 380 g/mol. The topological polar surface area (TPSA) is 92.8 Å². The monoisotopic (exact) mass is 412 g/mol. The Balaban J connectivity index is 2.65. The first-order valence-corrected chi connectivity index (χ1v) is 10.9. The molecule has 1 N–H and O–H groups in total. The molecule has 0 aliphatic rings. The van der Waals surface area contributed by atoms with Crippen molar-refractivity contribution in [2.45, 2.75) is 52.5 Å². The molecule has 0 aliphatic heterocycles. The first-order valence-electron chi connectivity index (χ1n) is 9.45. The average Bonchev–Trinajstić information content (AvgIpc) is 2.57. The van der Waals surface area contributed by atoms with Gasteiger partial charge in [0.15, 0.2) is 6.61 Å². The highest BCUT2D eigenvalue weighted by Crippen LogP contribution is 2.11. The number of amides is 1. The van der Waals surface area contributed by atoms with Crippen molar-refractivity contribution in [2.24, 2.45) is 11.8 Å². The second kappa shape index (κ2) is 10.6. The summed E-state index contributed by atoms with van der Waals surface area (Å²) >= 11 is 0. The molecule has 1 atom stereocenters. The van der Waals surface area contributed by atoms with E-state index in [0.717, 1.165) is 5.56 Å². The molecule has 0 aliphatic carbocycles. The maximum atomic E-state index is 12.4. The summed E-state index contributed by atoms with van der Waals surface area (Å²) in [5.74, 6) is -0.500. The molecule has 1 aromatic rings. The number of nitrogens with one attached hydrogen (secondary N) is 1. The number of nitrogens with zero attached hydrogens (tertiary/aromatic N) is 1. The van der Waals surface area contributed by atoms with Crippen LogP contribution < -0.4 is 4.72 Å². The molecule has 0 fully saturated rings. The molecule has 1 rings (SSSR count). The second-order valence-corrected chi connectivity index (χ2v) is 9.56. The van der Waals surface area contributed by atoms with Crippen LogP contribution in [0.4, 0.5) is 0 Å². The van der Waals surface area contributed by atoms with Gasteiger partial charge in [-0.25, -0.2) is 8.42 Å². The fourth-order valence-corrected chi connectivity index (χ4v) is 3.77. The minimum absolute atomic E-state index is 0.0638. The molecule has 0 spiro atoms. The molecule has 0 unspecified atom stereocenters. The van der Waals surface area contributed by atoms with Gasteiger partial charge in [-0.15, -0.1) is 0 Å². The largest absolute Gasteiger partial charge is 0.454 e. The summed E-state index contributed by atoms with van der Waals surface area (Å²) in [4.78, 5) is 26.3. The van der Waals surface area contributed by atoms with Gasteiger partial charge in [-0.3, -0.25) is 9.59 Å². The minimum Gasteiger partial charge on any atom is -0.454 e. The first kappa shape index (κ1) is 24.1. The molecule has 1 aromatic carbocycles. The highest BCUT2D eigenvalue weighted by atomic mass is 32.2. The van der Waals surface area contributed by atoms with E-state index in [9.17, 15) is 18.0 Å². The molecule has 0 heterocycles. The normalized spacial score (nSPS) is 12.9. The number of carbonyl (C=O) groups is 2. The van der Waals surface area contributed by atoms with Gasteiger partial charge in [0, 0.05) is 13.1 Å². The number of hydrogen-bond acceptors (Lipinski definition) is 5. The summed E-state index contributed by atoms with van der Waals surface area (Å²) in [6, 6.07) is 5.18. The van der Waals surface area contributed by atoms with Crippen LogP contribution in [0.25, 0.3) is 0 Å². The van der Waals surface area contributed by atoms with Gasteiger partial charge in [-0.05, 0) is 37.8 Å². The Bertz CT molecular complexity index is 747. The SMILES string of the molecule is Cc1ccc(S(=O)(=O)N[C@@H](C)C(=O)OCC(=O)N(CC(C)C)CC(C)C)cc1. The van der Waals surface area contributed by atoms with Crippen LogP contribution in [0.15, 0.2) is 29.2 Å². The molecule has 158 valence electrons. The van der Waals surface area contributed by atoms with Crippen molar-refractivity contribution in [3.8, 4) is 0 Å². The lowest BCUT2D eigenvalue weighted by Crippen LogP contribution is -2.43. The van der Waals surface area contributed by atoms with Gasteiger partial charge in [0.1, 0.15) is 6.04 Å². The van der Waals surface area contributed by atoms with E-state index in [2.05, 4.69) is 4.72 Å². The Morgan fingerprint density at radius 3 is 1.96 bits per heavy atom. The van der Waals surface area contributed by atoms with Gasteiger partial charge >= 0.3 is 5.97 Å². The Kier molecular flexibility index (Phi) is 9.10. The number of aryl methyl sites for hydroxylation is 1. The van der Waals surface area contributed by atoms with E-state index < -0.39 is 28.6 Å². The van der Waals surface area contributed by atoms with Crippen LogP contribution in [0, 0.1) is 18.8 Å². The van der Waals surface area contributed by atoms with Crippen LogP contribution >= 0.6 is 0 Å². The van der Waals surface area contributed by atoms with Crippen molar-refractivity contribution in [3.05, 3.63) is 29.8 Å². The maximum absolute atomic E-state index is 12.4. The van der Waals surface area contributed by atoms with Crippen molar-refractivity contribution >= 4 is 21.9 Å². The van der Waals surface area contributed by atoms with Crippen LogP contribution in [-0.4, -0.2) is 50.9 Å². The molecule has 8 heteroatoms. The van der Waals surface area contributed by atoms with Crippen LogP contribution in [0.3, 0.4) is 0 Å². The van der Waals surface area contributed by atoms with Gasteiger partial charge in [-0.1, -0.05) is 45.4 Å². The number of ether oxygens (including phenoxy) is 1. The molecule has 28 heavy (non-hydrogen) atoms. The van der Waals surface area contributed by atoms with E-state index in [4.69, 9.17) is 4.74 Å². The third-order valence-corrected chi connectivity index (χ3v) is 5.44. The van der Waals surface area contributed by atoms with Crippen molar-refractivity contribution in [3.63, 3.8) is 0 Å². The standard InChI is InChI=1S/C20H32N2O5S/c1-14(2)11-22(12-15(3)4)19(23)13-27-20(24)17(6)21-28(25,26)18-9-7-16(5)8-10-18/h7-10,14-15,17,21H,11-13H2,1-6H3/t17-/m0/s1. The zero-order valence-corrected chi connectivity index (χ0v) is 18.4. The second-order valence-electron chi connectivity index (χ2n) is 7.85. The number of carbonyl (C=O) groups excluding carboxylic acids is 2. The van der Waals surface area contributed by atoms with E-state index in [-0.39, 0.29) is 10.8 Å². The van der Waals surface area contributed by atoms with E-state index in [1.807, 2.05) is 34.6 Å². The Morgan fingerprint density at radius 1 is 1.00 bits per heavy atom. The van der Waals surface area contributed by atoms with Gasteiger partial charge in [0.25, 0.3) is 5.91 Å². The molecule has 7 nitrogen and oxygen atoms in total. The number of hydrogen-bond donors (Lipinski definition) is 1. The van der Waals surface area contributed by atoms with Crippen LogP contribution in [0.1, 0.15) is 40.2 Å². The Labute approximate surface area is 168 Å². The molecule has 0 saturated heterocycles. The van der Waals surface area contributed by atoms with E-state index >= 15 is 0 Å². The van der Waals surface area contributed by atoms with Crippen LogP contribution in [0.2, 0.25) is 0 Å². The molecule has 0 radical (unpaired) electrons. The third-order valence-electron chi connectivity index (χ3n) is 3.88. The van der Waals surface area contributed by atoms with Crippen LogP contribution in [-0.2, 0) is 24.3 Å². The Hall–Kier alpha value is -1.93. The van der Waals surface area contributed by atoms with E-state index in [0.29, 0.717) is 24.9 Å². The number of sulfonamides is 1. The van der Waals surface area contributed by atoms with Crippen LogP contribution in [0.5, 0.6) is 0 Å². The predicted molar refractivity (Wildman–Crippen MR) is 108 cm³/mol.